The normalized spacial score (nSPS) is 12.4. The first-order chi connectivity index (χ1) is 6.50. The summed E-state index contributed by atoms with van der Waals surface area (Å²) in [5.74, 6) is -2.09. The predicted molar refractivity (Wildman–Crippen MR) is 51.2 cm³/mol. The lowest BCUT2D eigenvalue weighted by atomic mass is 10.0. The first kappa shape index (κ1) is 14.2. The van der Waals surface area contributed by atoms with Crippen molar-refractivity contribution in [3.05, 3.63) is 35.4 Å². The molecular formula is C9H10ClF4N. The Labute approximate surface area is 90.7 Å². The second-order valence-corrected chi connectivity index (χ2v) is 2.91. The van der Waals surface area contributed by atoms with Crippen LogP contribution in [0.5, 0.6) is 0 Å². The molecule has 0 fully saturated rings. The van der Waals surface area contributed by atoms with Gasteiger partial charge in [0.05, 0.1) is 0 Å². The highest BCUT2D eigenvalue weighted by Crippen LogP contribution is 2.19. The molecule has 86 valence electrons. The van der Waals surface area contributed by atoms with Gasteiger partial charge in [-0.2, -0.15) is 0 Å². The summed E-state index contributed by atoms with van der Waals surface area (Å²) in [6.45, 7) is 0. The third-order valence-corrected chi connectivity index (χ3v) is 1.80. The van der Waals surface area contributed by atoms with E-state index in [-0.39, 0.29) is 18.0 Å². The zero-order valence-electron chi connectivity index (χ0n) is 7.59. The van der Waals surface area contributed by atoms with Crippen molar-refractivity contribution in [2.24, 2.45) is 5.73 Å². The minimum atomic E-state index is -2.56. The lowest BCUT2D eigenvalue weighted by molar-refractivity contribution is 0.128. The summed E-state index contributed by atoms with van der Waals surface area (Å²) in [4.78, 5) is 0. The van der Waals surface area contributed by atoms with Crippen LogP contribution in [0.2, 0.25) is 0 Å². The Morgan fingerprint density at radius 3 is 2.20 bits per heavy atom. The van der Waals surface area contributed by atoms with Crippen molar-refractivity contribution in [3.63, 3.8) is 0 Å². The number of alkyl halides is 2. The molecule has 0 spiro atoms. The van der Waals surface area contributed by atoms with Crippen molar-refractivity contribution in [1.29, 1.82) is 0 Å². The molecule has 1 aromatic carbocycles. The first-order valence-electron chi connectivity index (χ1n) is 3.99. The molecule has 0 unspecified atom stereocenters. The van der Waals surface area contributed by atoms with E-state index in [0.717, 1.165) is 12.1 Å². The molecule has 1 rings (SSSR count). The Hall–Kier alpha value is -0.810. The van der Waals surface area contributed by atoms with Crippen LogP contribution in [-0.4, -0.2) is 6.43 Å². The molecule has 0 amide bonds. The Morgan fingerprint density at radius 1 is 1.13 bits per heavy atom. The summed E-state index contributed by atoms with van der Waals surface area (Å²) in [6, 6.07) is 1.94. The molecule has 0 saturated heterocycles. The molecule has 0 aliphatic rings. The van der Waals surface area contributed by atoms with Crippen molar-refractivity contribution < 1.29 is 17.6 Å². The largest absolute Gasteiger partial charge is 0.324 e. The monoisotopic (exact) mass is 243 g/mol. The van der Waals surface area contributed by atoms with E-state index in [4.69, 9.17) is 5.73 Å². The van der Waals surface area contributed by atoms with Crippen LogP contribution in [0, 0.1) is 11.6 Å². The summed E-state index contributed by atoms with van der Waals surface area (Å²) in [5, 5.41) is 0. The predicted octanol–water partition coefficient (Wildman–Crippen LogP) is 3.04. The average Bonchev–Trinajstić information content (AvgIpc) is 2.08. The van der Waals surface area contributed by atoms with Crippen LogP contribution in [0.1, 0.15) is 18.0 Å². The van der Waals surface area contributed by atoms with Gasteiger partial charge in [-0.25, -0.2) is 17.6 Å². The van der Waals surface area contributed by atoms with Gasteiger partial charge in [-0.3, -0.25) is 0 Å². The van der Waals surface area contributed by atoms with Crippen LogP contribution in [-0.2, 0) is 0 Å². The van der Waals surface area contributed by atoms with E-state index in [1.54, 1.807) is 0 Å². The van der Waals surface area contributed by atoms with Crippen molar-refractivity contribution in [1.82, 2.24) is 0 Å². The minimum absolute atomic E-state index is 0. The maximum Gasteiger partial charge on any atom is 0.240 e. The lowest BCUT2D eigenvalue weighted by Crippen LogP contribution is -2.14. The molecule has 15 heavy (non-hydrogen) atoms. The molecule has 0 aliphatic heterocycles. The van der Waals surface area contributed by atoms with Crippen molar-refractivity contribution in [2.45, 2.75) is 18.9 Å². The van der Waals surface area contributed by atoms with Gasteiger partial charge in [0, 0.05) is 12.5 Å². The van der Waals surface area contributed by atoms with Gasteiger partial charge < -0.3 is 5.73 Å². The molecule has 1 nitrogen and oxygen atoms in total. The van der Waals surface area contributed by atoms with Crippen LogP contribution in [0.4, 0.5) is 17.6 Å². The highest BCUT2D eigenvalue weighted by atomic mass is 35.5. The summed E-state index contributed by atoms with van der Waals surface area (Å²) < 4.78 is 48.9. The quantitative estimate of drug-likeness (QED) is 0.812. The fourth-order valence-electron chi connectivity index (χ4n) is 1.07. The van der Waals surface area contributed by atoms with E-state index >= 15 is 0 Å². The van der Waals surface area contributed by atoms with E-state index in [0.29, 0.717) is 0 Å². The number of hydrogen-bond donors (Lipinski definition) is 1. The molecule has 0 heterocycles. The highest BCUT2D eigenvalue weighted by Gasteiger charge is 2.14. The second-order valence-electron chi connectivity index (χ2n) is 2.91. The molecule has 0 bridgehead atoms. The zero-order valence-corrected chi connectivity index (χ0v) is 8.41. The number of halogens is 5. The highest BCUT2D eigenvalue weighted by molar-refractivity contribution is 5.85. The molecule has 2 N–H and O–H groups in total. The van der Waals surface area contributed by atoms with E-state index in [1.165, 1.54) is 6.07 Å². The number of nitrogens with two attached hydrogens (primary N) is 1. The molecule has 0 saturated carbocycles. The lowest BCUT2D eigenvalue weighted by Gasteiger charge is -2.11. The molecule has 0 radical (unpaired) electrons. The Balaban J connectivity index is 0.00000196. The molecule has 0 aliphatic carbocycles. The summed E-state index contributed by atoms with van der Waals surface area (Å²) in [6.07, 6.45) is -3.12. The van der Waals surface area contributed by atoms with Gasteiger partial charge >= 0.3 is 0 Å². The van der Waals surface area contributed by atoms with Crippen molar-refractivity contribution in [3.8, 4) is 0 Å². The Morgan fingerprint density at radius 2 is 1.73 bits per heavy atom. The van der Waals surface area contributed by atoms with E-state index in [9.17, 15) is 17.6 Å². The zero-order chi connectivity index (χ0) is 10.7. The van der Waals surface area contributed by atoms with Gasteiger partial charge in [0.15, 0.2) is 11.6 Å². The van der Waals surface area contributed by atoms with Crippen LogP contribution in [0.15, 0.2) is 18.2 Å². The minimum Gasteiger partial charge on any atom is -0.324 e. The topological polar surface area (TPSA) is 26.0 Å². The molecule has 6 heteroatoms. The fraction of sp³-hybridized carbons (Fsp3) is 0.333. The van der Waals surface area contributed by atoms with Crippen LogP contribution < -0.4 is 5.73 Å². The van der Waals surface area contributed by atoms with Crippen molar-refractivity contribution in [2.75, 3.05) is 0 Å². The SMILES string of the molecule is Cl.N[C@H](CC(F)F)c1ccc(F)c(F)c1. The van der Waals surface area contributed by atoms with Gasteiger partial charge in [-0.15, -0.1) is 12.4 Å². The molecule has 1 aromatic rings. The average molecular weight is 244 g/mol. The van der Waals surface area contributed by atoms with Crippen LogP contribution in [0.25, 0.3) is 0 Å². The smallest absolute Gasteiger partial charge is 0.240 e. The van der Waals surface area contributed by atoms with Gasteiger partial charge in [0.25, 0.3) is 0 Å². The fourth-order valence-corrected chi connectivity index (χ4v) is 1.07. The van der Waals surface area contributed by atoms with Gasteiger partial charge in [0.2, 0.25) is 6.43 Å². The van der Waals surface area contributed by atoms with Gasteiger partial charge in [-0.1, -0.05) is 6.07 Å². The number of rotatable bonds is 3. The molecule has 0 aromatic heterocycles. The van der Waals surface area contributed by atoms with Crippen LogP contribution >= 0.6 is 12.4 Å². The summed E-state index contributed by atoms with van der Waals surface area (Å²) >= 11 is 0. The number of hydrogen-bond acceptors (Lipinski definition) is 1. The molecular weight excluding hydrogens is 234 g/mol. The summed E-state index contributed by atoms with van der Waals surface area (Å²) in [7, 11) is 0. The number of benzene rings is 1. The maximum absolute atomic E-state index is 12.7. The van der Waals surface area contributed by atoms with Gasteiger partial charge in [0.1, 0.15) is 0 Å². The summed E-state index contributed by atoms with van der Waals surface area (Å²) in [5.41, 5.74) is 5.52. The Bertz CT molecular complexity index is 319. The standard InChI is InChI=1S/C9H9F4N.ClH/c10-6-2-1-5(3-7(6)11)8(14)4-9(12)13;/h1-3,8-9H,4,14H2;1H/t8-;/m1./s1. The second kappa shape index (κ2) is 5.92. The maximum atomic E-state index is 12.7. The van der Waals surface area contributed by atoms with Crippen molar-refractivity contribution >= 4 is 12.4 Å². The van der Waals surface area contributed by atoms with Crippen LogP contribution in [0.3, 0.4) is 0 Å². The molecule has 1 atom stereocenters. The van der Waals surface area contributed by atoms with E-state index < -0.39 is 30.5 Å². The van der Waals surface area contributed by atoms with E-state index in [2.05, 4.69) is 0 Å². The third kappa shape index (κ3) is 4.05. The first-order valence-corrected chi connectivity index (χ1v) is 3.99. The van der Waals surface area contributed by atoms with E-state index in [1.807, 2.05) is 0 Å². The van der Waals surface area contributed by atoms with Gasteiger partial charge in [-0.05, 0) is 17.7 Å². The Kier molecular flexibility index (Phi) is 5.60. The third-order valence-electron chi connectivity index (χ3n) is 1.80.